The lowest BCUT2D eigenvalue weighted by atomic mass is 10.2. The van der Waals surface area contributed by atoms with Gasteiger partial charge in [-0.2, -0.15) is 11.8 Å². The van der Waals surface area contributed by atoms with E-state index >= 15 is 0 Å². The number of ether oxygens (including phenoxy) is 2. The number of carbonyl (C=O) groups is 1. The van der Waals surface area contributed by atoms with Crippen molar-refractivity contribution in [3.05, 3.63) is 18.2 Å². The summed E-state index contributed by atoms with van der Waals surface area (Å²) in [5, 5.41) is 6.15. The van der Waals surface area contributed by atoms with E-state index in [1.807, 2.05) is 23.9 Å². The maximum absolute atomic E-state index is 11.9. The Morgan fingerprint density at radius 3 is 2.95 bits per heavy atom. The van der Waals surface area contributed by atoms with Crippen LogP contribution in [0.25, 0.3) is 0 Å². The van der Waals surface area contributed by atoms with E-state index in [1.165, 1.54) is 5.75 Å². The summed E-state index contributed by atoms with van der Waals surface area (Å²) in [7, 11) is 0. The van der Waals surface area contributed by atoms with Crippen LogP contribution >= 0.6 is 11.8 Å². The van der Waals surface area contributed by atoms with Gasteiger partial charge in [0.1, 0.15) is 13.2 Å². The number of hydrogen-bond donors (Lipinski definition) is 2. The fourth-order valence-electron chi connectivity index (χ4n) is 2.26. The fraction of sp³-hybridized carbons (Fsp3) is 0.500. The van der Waals surface area contributed by atoms with Gasteiger partial charge >= 0.3 is 0 Å². The Hall–Kier alpha value is -1.40. The third kappa shape index (κ3) is 3.37. The molecule has 1 unspecified atom stereocenters. The molecule has 2 aliphatic heterocycles. The van der Waals surface area contributed by atoms with Crippen LogP contribution in [-0.2, 0) is 4.79 Å². The van der Waals surface area contributed by atoms with Crippen molar-refractivity contribution >= 4 is 23.4 Å². The molecule has 108 valence electrons. The summed E-state index contributed by atoms with van der Waals surface area (Å²) in [5.41, 5.74) is 0.738. The van der Waals surface area contributed by atoms with Crippen molar-refractivity contribution in [2.45, 2.75) is 12.5 Å². The number of rotatable bonds is 4. The molecule has 1 amide bonds. The molecule has 1 fully saturated rings. The summed E-state index contributed by atoms with van der Waals surface area (Å²) in [5.74, 6) is 3.67. The number of fused-ring (bicyclic) bond motifs is 1. The highest BCUT2D eigenvalue weighted by molar-refractivity contribution is 7.99. The SMILES string of the molecule is O=C(CNC1CCSC1)Nc1ccc2c(c1)OCCO2. The number of hydrogen-bond acceptors (Lipinski definition) is 5. The van der Waals surface area contributed by atoms with Crippen LogP contribution in [0.15, 0.2) is 18.2 Å². The highest BCUT2D eigenvalue weighted by atomic mass is 32.2. The quantitative estimate of drug-likeness (QED) is 0.881. The van der Waals surface area contributed by atoms with Gasteiger partial charge in [-0.1, -0.05) is 0 Å². The second kappa shape index (κ2) is 6.37. The predicted octanol–water partition coefficient (Wildman–Crippen LogP) is 1.49. The molecule has 3 rings (SSSR count). The van der Waals surface area contributed by atoms with Gasteiger partial charge in [-0.3, -0.25) is 4.79 Å². The maximum atomic E-state index is 11.9. The van der Waals surface area contributed by atoms with Crippen LogP contribution in [0.1, 0.15) is 6.42 Å². The van der Waals surface area contributed by atoms with Gasteiger partial charge in [0.25, 0.3) is 0 Å². The molecule has 0 aliphatic carbocycles. The Balaban J connectivity index is 1.52. The maximum Gasteiger partial charge on any atom is 0.238 e. The lowest BCUT2D eigenvalue weighted by Gasteiger charge is -2.19. The van der Waals surface area contributed by atoms with Gasteiger partial charge in [0, 0.05) is 23.5 Å². The minimum atomic E-state index is -0.0291. The highest BCUT2D eigenvalue weighted by Crippen LogP contribution is 2.32. The Kier molecular flexibility index (Phi) is 4.32. The molecule has 20 heavy (non-hydrogen) atoms. The smallest absolute Gasteiger partial charge is 0.238 e. The number of nitrogens with one attached hydrogen (secondary N) is 2. The van der Waals surface area contributed by atoms with Gasteiger partial charge in [-0.05, 0) is 24.3 Å². The van der Waals surface area contributed by atoms with Crippen molar-refractivity contribution < 1.29 is 14.3 Å². The van der Waals surface area contributed by atoms with E-state index in [4.69, 9.17) is 9.47 Å². The molecule has 2 N–H and O–H groups in total. The molecule has 0 spiro atoms. The minimum absolute atomic E-state index is 0.0291. The van der Waals surface area contributed by atoms with Crippen molar-refractivity contribution in [3.8, 4) is 11.5 Å². The Morgan fingerprint density at radius 1 is 1.30 bits per heavy atom. The molecule has 6 heteroatoms. The molecular formula is C14H18N2O3S. The second-order valence-electron chi connectivity index (χ2n) is 4.85. The zero-order valence-corrected chi connectivity index (χ0v) is 12.0. The first-order valence-electron chi connectivity index (χ1n) is 6.82. The molecule has 0 saturated carbocycles. The number of carbonyl (C=O) groups excluding carboxylic acids is 1. The Labute approximate surface area is 122 Å². The first kappa shape index (κ1) is 13.6. The van der Waals surface area contributed by atoms with Crippen molar-refractivity contribution in [1.29, 1.82) is 0 Å². The van der Waals surface area contributed by atoms with Gasteiger partial charge < -0.3 is 20.1 Å². The van der Waals surface area contributed by atoms with Crippen molar-refractivity contribution in [2.24, 2.45) is 0 Å². The summed E-state index contributed by atoms with van der Waals surface area (Å²) in [6, 6.07) is 5.92. The van der Waals surface area contributed by atoms with E-state index in [9.17, 15) is 4.79 Å². The lowest BCUT2D eigenvalue weighted by molar-refractivity contribution is -0.115. The second-order valence-corrected chi connectivity index (χ2v) is 6.00. The van der Waals surface area contributed by atoms with E-state index < -0.39 is 0 Å². The number of amides is 1. The van der Waals surface area contributed by atoms with Gasteiger partial charge in [0.15, 0.2) is 11.5 Å². The first-order chi connectivity index (χ1) is 9.81. The molecule has 5 nitrogen and oxygen atoms in total. The van der Waals surface area contributed by atoms with E-state index in [1.54, 1.807) is 6.07 Å². The Bertz CT molecular complexity index is 489. The molecule has 0 bridgehead atoms. The van der Waals surface area contributed by atoms with Crippen LogP contribution in [0.4, 0.5) is 5.69 Å². The normalized spacial score (nSPS) is 20.7. The van der Waals surface area contributed by atoms with E-state index in [2.05, 4.69) is 10.6 Å². The monoisotopic (exact) mass is 294 g/mol. The van der Waals surface area contributed by atoms with Crippen LogP contribution in [0.5, 0.6) is 11.5 Å². The molecular weight excluding hydrogens is 276 g/mol. The average molecular weight is 294 g/mol. The van der Waals surface area contributed by atoms with E-state index in [-0.39, 0.29) is 5.91 Å². The van der Waals surface area contributed by atoms with Gasteiger partial charge in [-0.25, -0.2) is 0 Å². The largest absolute Gasteiger partial charge is 0.486 e. The summed E-state index contributed by atoms with van der Waals surface area (Å²) in [4.78, 5) is 11.9. The van der Waals surface area contributed by atoms with Gasteiger partial charge in [0.05, 0.1) is 6.54 Å². The van der Waals surface area contributed by atoms with Crippen molar-refractivity contribution in [3.63, 3.8) is 0 Å². The summed E-state index contributed by atoms with van der Waals surface area (Å²) in [6.07, 6.45) is 1.14. The third-order valence-electron chi connectivity index (χ3n) is 3.31. The summed E-state index contributed by atoms with van der Waals surface area (Å²) >= 11 is 1.93. The zero-order valence-electron chi connectivity index (χ0n) is 11.2. The number of anilines is 1. The zero-order chi connectivity index (χ0) is 13.8. The van der Waals surface area contributed by atoms with Crippen LogP contribution < -0.4 is 20.1 Å². The highest BCUT2D eigenvalue weighted by Gasteiger charge is 2.16. The van der Waals surface area contributed by atoms with Crippen LogP contribution in [-0.4, -0.2) is 43.2 Å². The summed E-state index contributed by atoms with van der Waals surface area (Å²) < 4.78 is 10.9. The average Bonchev–Trinajstić information content (AvgIpc) is 2.98. The van der Waals surface area contributed by atoms with Crippen molar-refractivity contribution in [1.82, 2.24) is 5.32 Å². The topological polar surface area (TPSA) is 59.6 Å². The molecule has 1 aromatic carbocycles. The van der Waals surface area contributed by atoms with Crippen LogP contribution in [0, 0.1) is 0 Å². The Morgan fingerprint density at radius 2 is 2.15 bits per heavy atom. The molecule has 1 aromatic rings. The van der Waals surface area contributed by atoms with Gasteiger partial charge in [0.2, 0.25) is 5.91 Å². The number of benzene rings is 1. The molecule has 1 saturated heterocycles. The van der Waals surface area contributed by atoms with Crippen LogP contribution in [0.3, 0.4) is 0 Å². The van der Waals surface area contributed by atoms with E-state index in [0.29, 0.717) is 31.5 Å². The van der Waals surface area contributed by atoms with Crippen molar-refractivity contribution in [2.75, 3.05) is 36.6 Å². The van der Waals surface area contributed by atoms with Crippen LogP contribution in [0.2, 0.25) is 0 Å². The van der Waals surface area contributed by atoms with E-state index in [0.717, 1.165) is 23.6 Å². The number of thioether (sulfide) groups is 1. The molecule has 0 aromatic heterocycles. The molecule has 1 atom stereocenters. The molecule has 2 aliphatic rings. The standard InChI is InChI=1S/C14H18N2O3S/c17-14(8-15-11-3-6-20-9-11)16-10-1-2-12-13(7-10)19-5-4-18-12/h1-2,7,11,15H,3-6,8-9H2,(H,16,17). The fourth-order valence-corrected chi connectivity index (χ4v) is 3.45. The minimum Gasteiger partial charge on any atom is -0.486 e. The molecule has 2 heterocycles. The molecule has 0 radical (unpaired) electrons. The summed E-state index contributed by atoms with van der Waals surface area (Å²) in [6.45, 7) is 1.47. The predicted molar refractivity (Wildman–Crippen MR) is 79.8 cm³/mol. The van der Waals surface area contributed by atoms with Gasteiger partial charge in [-0.15, -0.1) is 0 Å². The lowest BCUT2D eigenvalue weighted by Crippen LogP contribution is -2.36. The first-order valence-corrected chi connectivity index (χ1v) is 7.97. The third-order valence-corrected chi connectivity index (χ3v) is 4.47.